The lowest BCUT2D eigenvalue weighted by Crippen LogP contribution is -2.39. The van der Waals surface area contributed by atoms with Crippen LogP contribution in [0.15, 0.2) is 24.3 Å². The maximum absolute atomic E-state index is 12.3. The van der Waals surface area contributed by atoms with E-state index in [-0.39, 0.29) is 30.3 Å². The molecular formula is C19H28ClN3O2. The molecule has 2 fully saturated rings. The summed E-state index contributed by atoms with van der Waals surface area (Å²) in [4.78, 5) is 24.2. The molecule has 0 saturated carbocycles. The van der Waals surface area contributed by atoms with Crippen molar-refractivity contribution in [2.45, 2.75) is 64.1 Å². The van der Waals surface area contributed by atoms with E-state index in [9.17, 15) is 9.59 Å². The number of carbonyl (C=O) groups excluding carboxylic acids is 2. The van der Waals surface area contributed by atoms with Gasteiger partial charge < -0.3 is 16.0 Å². The first-order chi connectivity index (χ1) is 11.5. The van der Waals surface area contributed by atoms with E-state index >= 15 is 0 Å². The average Bonchev–Trinajstić information content (AvgIpc) is 2.86. The van der Waals surface area contributed by atoms with Crippen LogP contribution in [0.1, 0.15) is 56.3 Å². The summed E-state index contributed by atoms with van der Waals surface area (Å²) in [5.74, 6) is 0.466. The van der Waals surface area contributed by atoms with E-state index in [0.29, 0.717) is 30.0 Å². The molecule has 2 heterocycles. The van der Waals surface area contributed by atoms with Crippen LogP contribution in [0.2, 0.25) is 0 Å². The van der Waals surface area contributed by atoms with Gasteiger partial charge in [-0.1, -0.05) is 0 Å². The molecule has 6 heteroatoms. The monoisotopic (exact) mass is 365 g/mol. The van der Waals surface area contributed by atoms with E-state index in [1.165, 1.54) is 12.8 Å². The summed E-state index contributed by atoms with van der Waals surface area (Å²) in [5, 5.41) is 9.41. The Morgan fingerprint density at radius 3 is 2.28 bits per heavy atom. The number of rotatable bonds is 5. The lowest BCUT2D eigenvalue weighted by Gasteiger charge is -2.28. The number of amides is 2. The SMILES string of the molecule is CC(C)NC(=O)c1ccc(NC(=O)CC2CC3CCC(C2)N3)cc1.Cl. The van der Waals surface area contributed by atoms with E-state index < -0.39 is 0 Å². The van der Waals surface area contributed by atoms with Gasteiger partial charge in [0.25, 0.3) is 5.91 Å². The first-order valence-corrected chi connectivity index (χ1v) is 8.96. The smallest absolute Gasteiger partial charge is 0.251 e. The Balaban J connectivity index is 0.00000225. The molecule has 0 spiro atoms. The highest BCUT2D eigenvalue weighted by Gasteiger charge is 2.34. The maximum atomic E-state index is 12.3. The fourth-order valence-corrected chi connectivity index (χ4v) is 3.87. The zero-order chi connectivity index (χ0) is 17.1. The van der Waals surface area contributed by atoms with Crippen molar-refractivity contribution in [3.63, 3.8) is 0 Å². The number of nitrogens with one attached hydrogen (secondary N) is 3. The zero-order valence-electron chi connectivity index (χ0n) is 14.9. The molecule has 5 nitrogen and oxygen atoms in total. The Morgan fingerprint density at radius 1 is 1.12 bits per heavy atom. The van der Waals surface area contributed by atoms with Gasteiger partial charge in [-0.25, -0.2) is 0 Å². The maximum Gasteiger partial charge on any atom is 0.251 e. The van der Waals surface area contributed by atoms with Crippen LogP contribution in [0.3, 0.4) is 0 Å². The van der Waals surface area contributed by atoms with Gasteiger partial charge in [-0.15, -0.1) is 12.4 Å². The first kappa shape index (κ1) is 19.7. The average molecular weight is 366 g/mol. The van der Waals surface area contributed by atoms with Crippen LogP contribution in [0, 0.1) is 5.92 Å². The predicted octanol–water partition coefficient (Wildman–Crippen LogP) is 3.11. The van der Waals surface area contributed by atoms with Crippen molar-refractivity contribution in [2.24, 2.45) is 5.92 Å². The van der Waals surface area contributed by atoms with Crippen LogP contribution < -0.4 is 16.0 Å². The van der Waals surface area contributed by atoms with Gasteiger partial charge in [0.1, 0.15) is 0 Å². The van der Waals surface area contributed by atoms with Crippen molar-refractivity contribution in [3.8, 4) is 0 Å². The van der Waals surface area contributed by atoms with Gasteiger partial charge in [0.15, 0.2) is 0 Å². The minimum Gasteiger partial charge on any atom is -0.350 e. The topological polar surface area (TPSA) is 70.2 Å². The van der Waals surface area contributed by atoms with Crippen molar-refractivity contribution in [1.29, 1.82) is 0 Å². The van der Waals surface area contributed by atoms with E-state index in [2.05, 4.69) is 16.0 Å². The molecule has 1 aromatic carbocycles. The molecular weight excluding hydrogens is 338 g/mol. The standard InChI is InChI=1S/C19H27N3O2.ClH/c1-12(2)20-19(24)14-3-5-15(6-4-14)22-18(23)11-13-9-16-7-8-17(10-13)21-16;/h3-6,12-13,16-17,21H,7-11H2,1-2H3,(H,20,24)(H,22,23);1H. The molecule has 138 valence electrons. The van der Waals surface area contributed by atoms with Crippen molar-refractivity contribution in [2.75, 3.05) is 5.32 Å². The van der Waals surface area contributed by atoms with Gasteiger partial charge >= 0.3 is 0 Å². The van der Waals surface area contributed by atoms with E-state index in [1.807, 2.05) is 13.8 Å². The van der Waals surface area contributed by atoms with Crippen LogP contribution in [0.5, 0.6) is 0 Å². The van der Waals surface area contributed by atoms with E-state index in [0.717, 1.165) is 18.5 Å². The highest BCUT2D eigenvalue weighted by Crippen LogP contribution is 2.32. The van der Waals surface area contributed by atoms with E-state index in [4.69, 9.17) is 0 Å². The molecule has 2 unspecified atom stereocenters. The molecule has 3 N–H and O–H groups in total. The zero-order valence-corrected chi connectivity index (χ0v) is 15.7. The highest BCUT2D eigenvalue weighted by molar-refractivity contribution is 5.96. The molecule has 0 radical (unpaired) electrons. The summed E-state index contributed by atoms with van der Waals surface area (Å²) in [6.07, 6.45) is 5.31. The van der Waals surface area contributed by atoms with Crippen molar-refractivity contribution in [3.05, 3.63) is 29.8 Å². The van der Waals surface area contributed by atoms with Crippen LogP contribution >= 0.6 is 12.4 Å². The number of anilines is 1. The van der Waals surface area contributed by atoms with Crippen molar-refractivity contribution < 1.29 is 9.59 Å². The quantitative estimate of drug-likeness (QED) is 0.750. The molecule has 0 aromatic heterocycles. The number of fused-ring (bicyclic) bond motifs is 2. The summed E-state index contributed by atoms with van der Waals surface area (Å²) in [5.41, 5.74) is 1.36. The lowest BCUT2D eigenvalue weighted by molar-refractivity contribution is -0.117. The van der Waals surface area contributed by atoms with Gasteiger partial charge in [-0.05, 0) is 69.7 Å². The van der Waals surface area contributed by atoms with Gasteiger partial charge in [0.05, 0.1) is 0 Å². The Bertz CT molecular complexity index is 591. The second-order valence-corrected chi connectivity index (χ2v) is 7.43. The van der Waals surface area contributed by atoms with Crippen LogP contribution in [-0.4, -0.2) is 29.9 Å². The first-order valence-electron chi connectivity index (χ1n) is 8.96. The number of benzene rings is 1. The molecule has 2 amide bonds. The Hall–Kier alpha value is -1.59. The number of hydrogen-bond acceptors (Lipinski definition) is 3. The summed E-state index contributed by atoms with van der Waals surface area (Å²) in [7, 11) is 0. The Kier molecular flexibility index (Phi) is 6.85. The number of piperidine rings is 1. The summed E-state index contributed by atoms with van der Waals surface area (Å²) < 4.78 is 0. The molecule has 3 rings (SSSR count). The fourth-order valence-electron chi connectivity index (χ4n) is 3.87. The Labute approximate surface area is 155 Å². The molecule has 25 heavy (non-hydrogen) atoms. The summed E-state index contributed by atoms with van der Waals surface area (Å²) >= 11 is 0. The van der Waals surface area contributed by atoms with Crippen molar-refractivity contribution in [1.82, 2.24) is 10.6 Å². The third kappa shape index (κ3) is 5.44. The largest absolute Gasteiger partial charge is 0.350 e. The summed E-state index contributed by atoms with van der Waals surface area (Å²) in [6, 6.07) is 8.41. The predicted molar refractivity (Wildman–Crippen MR) is 102 cm³/mol. The lowest BCUT2D eigenvalue weighted by atomic mass is 9.89. The van der Waals surface area contributed by atoms with Crippen LogP contribution in [0.25, 0.3) is 0 Å². The second kappa shape index (κ2) is 8.68. The highest BCUT2D eigenvalue weighted by atomic mass is 35.5. The third-order valence-electron chi connectivity index (χ3n) is 4.90. The van der Waals surface area contributed by atoms with Gasteiger partial charge in [-0.3, -0.25) is 9.59 Å². The van der Waals surface area contributed by atoms with Crippen LogP contribution in [0.4, 0.5) is 5.69 Å². The van der Waals surface area contributed by atoms with Crippen LogP contribution in [-0.2, 0) is 4.79 Å². The molecule has 2 bridgehead atoms. The molecule has 2 aliphatic rings. The molecule has 0 aliphatic carbocycles. The minimum atomic E-state index is -0.0898. The second-order valence-electron chi connectivity index (χ2n) is 7.43. The molecule has 2 atom stereocenters. The molecule has 2 saturated heterocycles. The van der Waals surface area contributed by atoms with Gasteiger partial charge in [0, 0.05) is 35.8 Å². The Morgan fingerprint density at radius 2 is 1.72 bits per heavy atom. The minimum absolute atomic E-state index is 0. The summed E-state index contributed by atoms with van der Waals surface area (Å²) in [6.45, 7) is 3.86. The molecule has 1 aromatic rings. The molecule has 2 aliphatic heterocycles. The van der Waals surface area contributed by atoms with E-state index in [1.54, 1.807) is 24.3 Å². The van der Waals surface area contributed by atoms with Gasteiger partial charge in [0.2, 0.25) is 5.91 Å². The fraction of sp³-hybridized carbons (Fsp3) is 0.579. The number of carbonyl (C=O) groups is 2. The third-order valence-corrected chi connectivity index (χ3v) is 4.90. The van der Waals surface area contributed by atoms with Crippen molar-refractivity contribution >= 4 is 29.9 Å². The number of hydrogen-bond donors (Lipinski definition) is 3. The number of halogens is 1. The van der Waals surface area contributed by atoms with Gasteiger partial charge in [-0.2, -0.15) is 0 Å². The normalized spacial score (nSPS) is 24.5.